The number of amides is 2. The number of ether oxygens (including phenoxy) is 1. The van der Waals surface area contributed by atoms with E-state index in [4.69, 9.17) is 4.74 Å². The first-order valence-corrected chi connectivity index (χ1v) is 12.9. The van der Waals surface area contributed by atoms with Gasteiger partial charge in [-0.2, -0.15) is 0 Å². The van der Waals surface area contributed by atoms with Crippen molar-refractivity contribution in [1.82, 2.24) is 10.3 Å². The Morgan fingerprint density at radius 2 is 1.86 bits per heavy atom. The molecule has 1 unspecified atom stereocenters. The molecule has 1 heterocycles. The highest BCUT2D eigenvalue weighted by Crippen LogP contribution is 2.30. The number of halogens is 2. The second kappa shape index (κ2) is 13.6. The topological polar surface area (TPSA) is 80.3 Å². The Balaban J connectivity index is 1.88. The van der Waals surface area contributed by atoms with Crippen molar-refractivity contribution in [3.63, 3.8) is 0 Å². The van der Waals surface area contributed by atoms with Crippen LogP contribution in [0, 0.1) is 11.6 Å². The zero-order valence-electron chi connectivity index (χ0n) is 21.2. The maximum Gasteiger partial charge on any atom is 0.248 e. The molecular weight excluding hydrogens is 472 g/mol. The lowest BCUT2D eigenvalue weighted by molar-refractivity contribution is -0.126. The van der Waals surface area contributed by atoms with Crippen LogP contribution < -0.4 is 10.6 Å². The summed E-state index contributed by atoms with van der Waals surface area (Å²) < 4.78 is 32.2. The standard InChI is InChI=1S/C26H37F2N3O3S/c1-6-8-21(30-23(32)11-10-18-13-19(27)15-20(28)14-18)24(33)31-25-29-16-22(35-25)17(2)9-7-12-26(3,4)34-5/h13-17,21H,6-12H2,1-5H3,(H,30,32)(H,29,31,33)/t17?,21-/m0/s1. The van der Waals surface area contributed by atoms with Crippen LogP contribution in [0.4, 0.5) is 13.9 Å². The van der Waals surface area contributed by atoms with Gasteiger partial charge in [0.15, 0.2) is 5.13 Å². The third kappa shape index (κ3) is 10.0. The van der Waals surface area contributed by atoms with Crippen LogP contribution in [0.15, 0.2) is 24.4 Å². The molecule has 2 aromatic rings. The molecule has 2 rings (SSSR count). The Morgan fingerprint density at radius 1 is 1.17 bits per heavy atom. The third-order valence-corrected chi connectivity index (χ3v) is 7.14. The number of benzene rings is 1. The quantitative estimate of drug-likeness (QED) is 0.328. The lowest BCUT2D eigenvalue weighted by Crippen LogP contribution is -2.43. The number of anilines is 1. The predicted octanol–water partition coefficient (Wildman–Crippen LogP) is 5.98. The van der Waals surface area contributed by atoms with Gasteiger partial charge in [-0.25, -0.2) is 13.8 Å². The largest absolute Gasteiger partial charge is 0.379 e. The normalized spacial score (nSPS) is 13.3. The maximum absolute atomic E-state index is 13.3. The van der Waals surface area contributed by atoms with E-state index in [1.807, 2.05) is 6.92 Å². The number of aryl methyl sites for hydroxylation is 1. The van der Waals surface area contributed by atoms with E-state index in [1.54, 1.807) is 13.3 Å². The van der Waals surface area contributed by atoms with E-state index >= 15 is 0 Å². The molecule has 9 heteroatoms. The first-order valence-electron chi connectivity index (χ1n) is 12.1. The Kier molecular flexibility index (Phi) is 11.2. The maximum atomic E-state index is 13.3. The number of carbonyl (C=O) groups excluding carboxylic acids is 2. The molecular formula is C26H37F2N3O3S. The molecule has 1 aromatic heterocycles. The number of methoxy groups -OCH3 is 1. The highest BCUT2D eigenvalue weighted by atomic mass is 32.1. The van der Waals surface area contributed by atoms with Crippen molar-refractivity contribution in [2.75, 3.05) is 12.4 Å². The molecule has 1 aromatic carbocycles. The van der Waals surface area contributed by atoms with Crippen molar-refractivity contribution in [1.29, 1.82) is 0 Å². The molecule has 2 N–H and O–H groups in total. The van der Waals surface area contributed by atoms with Crippen LogP contribution in [0.5, 0.6) is 0 Å². The predicted molar refractivity (Wildman–Crippen MR) is 136 cm³/mol. The van der Waals surface area contributed by atoms with Gasteiger partial charge in [0.05, 0.1) is 5.60 Å². The number of hydrogen-bond donors (Lipinski definition) is 2. The van der Waals surface area contributed by atoms with Crippen molar-refractivity contribution >= 4 is 28.3 Å². The number of thiazole rings is 1. The minimum absolute atomic E-state index is 0.0230. The molecule has 0 bridgehead atoms. The summed E-state index contributed by atoms with van der Waals surface area (Å²) in [5.41, 5.74) is 0.253. The number of nitrogens with zero attached hydrogens (tertiary/aromatic N) is 1. The second-order valence-electron chi connectivity index (χ2n) is 9.50. The van der Waals surface area contributed by atoms with Crippen LogP contribution in [0.25, 0.3) is 0 Å². The number of aromatic nitrogens is 1. The fourth-order valence-corrected chi connectivity index (χ4v) is 4.58. The van der Waals surface area contributed by atoms with Gasteiger partial charge in [0, 0.05) is 30.7 Å². The smallest absolute Gasteiger partial charge is 0.248 e. The molecule has 2 amide bonds. The second-order valence-corrected chi connectivity index (χ2v) is 10.6. The Labute approximate surface area is 210 Å². The van der Waals surface area contributed by atoms with Gasteiger partial charge in [0.2, 0.25) is 11.8 Å². The minimum Gasteiger partial charge on any atom is -0.379 e. The average Bonchev–Trinajstić information content (AvgIpc) is 3.25. The summed E-state index contributed by atoms with van der Waals surface area (Å²) in [4.78, 5) is 30.7. The van der Waals surface area contributed by atoms with Gasteiger partial charge < -0.3 is 15.4 Å². The Bertz CT molecular complexity index is 960. The van der Waals surface area contributed by atoms with Crippen molar-refractivity contribution in [3.05, 3.63) is 46.5 Å². The van der Waals surface area contributed by atoms with E-state index in [0.717, 1.165) is 30.2 Å². The molecule has 0 radical (unpaired) electrons. The van der Waals surface area contributed by atoms with Crippen LogP contribution in [0.1, 0.15) is 82.6 Å². The first kappa shape index (κ1) is 28.8. The lowest BCUT2D eigenvalue weighted by atomic mass is 9.96. The zero-order chi connectivity index (χ0) is 26.0. The molecule has 0 aliphatic heterocycles. The number of rotatable bonds is 14. The van der Waals surface area contributed by atoms with Gasteiger partial charge in [-0.3, -0.25) is 9.59 Å². The molecule has 0 aliphatic rings. The summed E-state index contributed by atoms with van der Waals surface area (Å²) in [6.45, 7) is 8.22. The zero-order valence-corrected chi connectivity index (χ0v) is 22.1. The van der Waals surface area contributed by atoms with Gasteiger partial charge in [-0.1, -0.05) is 20.3 Å². The van der Waals surface area contributed by atoms with Crippen LogP contribution in [0.2, 0.25) is 0 Å². The van der Waals surface area contributed by atoms with E-state index in [0.29, 0.717) is 29.5 Å². The molecule has 0 spiro atoms. The van der Waals surface area contributed by atoms with E-state index < -0.39 is 17.7 Å². The van der Waals surface area contributed by atoms with Gasteiger partial charge in [-0.15, -0.1) is 11.3 Å². The van der Waals surface area contributed by atoms with E-state index in [2.05, 4.69) is 36.4 Å². The summed E-state index contributed by atoms with van der Waals surface area (Å²) in [6, 6.07) is 2.48. The molecule has 35 heavy (non-hydrogen) atoms. The molecule has 0 fully saturated rings. The van der Waals surface area contributed by atoms with Crippen molar-refractivity contribution in [2.45, 2.75) is 90.2 Å². The van der Waals surface area contributed by atoms with E-state index in [9.17, 15) is 18.4 Å². The highest BCUT2D eigenvalue weighted by molar-refractivity contribution is 7.15. The first-order chi connectivity index (χ1) is 16.5. The minimum atomic E-state index is -0.710. The molecule has 0 aliphatic carbocycles. The Morgan fingerprint density at radius 3 is 2.49 bits per heavy atom. The average molecular weight is 510 g/mol. The van der Waals surface area contributed by atoms with Crippen molar-refractivity contribution < 1.29 is 23.1 Å². The molecule has 2 atom stereocenters. The van der Waals surface area contributed by atoms with E-state index in [1.165, 1.54) is 23.5 Å². The fraction of sp³-hybridized carbons (Fsp3) is 0.577. The van der Waals surface area contributed by atoms with Gasteiger partial charge in [0.25, 0.3) is 0 Å². The summed E-state index contributed by atoms with van der Waals surface area (Å²) in [6.07, 6.45) is 6.13. The summed E-state index contributed by atoms with van der Waals surface area (Å²) in [5, 5.41) is 6.06. The lowest BCUT2D eigenvalue weighted by Gasteiger charge is -2.23. The number of hydrogen-bond acceptors (Lipinski definition) is 5. The fourth-order valence-electron chi connectivity index (χ4n) is 3.68. The van der Waals surface area contributed by atoms with Crippen molar-refractivity contribution in [2.24, 2.45) is 0 Å². The van der Waals surface area contributed by atoms with Gasteiger partial charge >= 0.3 is 0 Å². The monoisotopic (exact) mass is 509 g/mol. The molecule has 0 saturated carbocycles. The molecule has 194 valence electrons. The molecule has 0 saturated heterocycles. The third-order valence-electron chi connectivity index (χ3n) is 6.00. The van der Waals surface area contributed by atoms with Crippen LogP contribution in [-0.4, -0.2) is 35.6 Å². The number of nitrogens with one attached hydrogen (secondary N) is 2. The summed E-state index contributed by atoms with van der Waals surface area (Å²) in [7, 11) is 1.72. The van der Waals surface area contributed by atoms with Gasteiger partial charge in [0.1, 0.15) is 17.7 Å². The summed E-state index contributed by atoms with van der Waals surface area (Å²) >= 11 is 1.44. The highest BCUT2D eigenvalue weighted by Gasteiger charge is 2.22. The van der Waals surface area contributed by atoms with Crippen LogP contribution in [-0.2, 0) is 20.7 Å². The molecule has 6 nitrogen and oxygen atoms in total. The van der Waals surface area contributed by atoms with Gasteiger partial charge in [-0.05, 0) is 69.6 Å². The van der Waals surface area contributed by atoms with Crippen molar-refractivity contribution in [3.8, 4) is 0 Å². The Hall–Kier alpha value is -2.39. The van der Waals surface area contributed by atoms with E-state index in [-0.39, 0.29) is 30.3 Å². The summed E-state index contributed by atoms with van der Waals surface area (Å²) in [5.74, 6) is -1.73. The number of carbonyl (C=O) groups is 2. The van der Waals surface area contributed by atoms with Crippen LogP contribution in [0.3, 0.4) is 0 Å². The van der Waals surface area contributed by atoms with Crippen LogP contribution >= 0.6 is 11.3 Å². The SMILES string of the molecule is CCC[C@H](NC(=O)CCc1cc(F)cc(F)c1)C(=O)Nc1ncc(C(C)CCCC(C)(C)OC)s1.